The highest BCUT2D eigenvalue weighted by atomic mass is 32.2. The smallest absolute Gasteiger partial charge is 0.105 e. The van der Waals surface area contributed by atoms with Gasteiger partial charge in [0, 0.05) is 16.8 Å². The molecule has 1 aliphatic carbocycles. The number of benzene rings is 1. The van der Waals surface area contributed by atoms with Crippen LogP contribution in [-0.2, 0) is 0 Å². The van der Waals surface area contributed by atoms with Crippen molar-refractivity contribution in [3.63, 3.8) is 0 Å². The Kier molecular flexibility index (Phi) is 3.01. The number of thioether (sulfide) groups is 1. The van der Waals surface area contributed by atoms with Gasteiger partial charge < -0.3 is 10.2 Å². The Hall–Kier alpha value is -1.10. The monoisotopic (exact) mass is 261 g/mol. The van der Waals surface area contributed by atoms with E-state index in [1.165, 1.54) is 0 Å². The highest BCUT2D eigenvalue weighted by Crippen LogP contribution is 2.45. The van der Waals surface area contributed by atoms with Crippen LogP contribution in [0.4, 0.5) is 0 Å². The molecule has 0 spiro atoms. The lowest BCUT2D eigenvalue weighted by Crippen LogP contribution is -2.27. The predicted molar refractivity (Wildman–Crippen MR) is 73.6 cm³/mol. The molecule has 94 valence electrons. The second-order valence-corrected chi connectivity index (χ2v) is 5.66. The number of aliphatic hydroxyl groups is 2. The maximum Gasteiger partial charge on any atom is 0.105 e. The van der Waals surface area contributed by atoms with Crippen molar-refractivity contribution in [3.8, 4) is 0 Å². The van der Waals surface area contributed by atoms with Crippen LogP contribution in [0.25, 0.3) is 10.9 Å². The van der Waals surface area contributed by atoms with Crippen molar-refractivity contribution in [3.05, 3.63) is 41.6 Å². The number of fused-ring (bicyclic) bond motifs is 3. The summed E-state index contributed by atoms with van der Waals surface area (Å²) in [5.41, 5.74) is 2.85. The Morgan fingerprint density at radius 3 is 2.89 bits per heavy atom. The third-order valence-electron chi connectivity index (χ3n) is 3.59. The van der Waals surface area contributed by atoms with Crippen molar-refractivity contribution in [2.75, 3.05) is 6.26 Å². The van der Waals surface area contributed by atoms with Gasteiger partial charge >= 0.3 is 0 Å². The van der Waals surface area contributed by atoms with Crippen LogP contribution in [0.3, 0.4) is 0 Å². The second kappa shape index (κ2) is 4.53. The van der Waals surface area contributed by atoms with Crippen molar-refractivity contribution < 1.29 is 10.2 Å². The summed E-state index contributed by atoms with van der Waals surface area (Å²) in [4.78, 5) is 4.45. The summed E-state index contributed by atoms with van der Waals surface area (Å²) in [6.45, 7) is 0. The number of hydrogen-bond donors (Lipinski definition) is 2. The first-order chi connectivity index (χ1) is 8.72. The standard InChI is InChI=1S/C14H15NO2S/c1-18-11-7-10(16)14(17)9-5-4-8-3-2-6-15-13(8)12(9)11/h2-6,10-11,14,16-17H,7H2,1H3/t10-,11-,14-/m1/s1. The van der Waals surface area contributed by atoms with Crippen molar-refractivity contribution in [1.29, 1.82) is 0 Å². The summed E-state index contributed by atoms with van der Waals surface area (Å²) < 4.78 is 0. The maximum absolute atomic E-state index is 10.1. The van der Waals surface area contributed by atoms with Gasteiger partial charge in [-0.05, 0) is 29.9 Å². The van der Waals surface area contributed by atoms with E-state index in [9.17, 15) is 10.2 Å². The van der Waals surface area contributed by atoms with Gasteiger partial charge in [-0.3, -0.25) is 4.98 Å². The van der Waals surface area contributed by atoms with Gasteiger partial charge in [-0.1, -0.05) is 18.2 Å². The Morgan fingerprint density at radius 2 is 2.11 bits per heavy atom. The average molecular weight is 261 g/mol. The fraction of sp³-hybridized carbons (Fsp3) is 0.357. The van der Waals surface area contributed by atoms with Crippen LogP contribution in [0.1, 0.15) is 28.9 Å². The quantitative estimate of drug-likeness (QED) is 0.828. The lowest BCUT2D eigenvalue weighted by atomic mass is 9.85. The summed E-state index contributed by atoms with van der Waals surface area (Å²) >= 11 is 1.70. The van der Waals surface area contributed by atoms with Crippen molar-refractivity contribution in [1.82, 2.24) is 4.98 Å². The first kappa shape index (κ1) is 12.0. The summed E-state index contributed by atoms with van der Waals surface area (Å²) in [6, 6.07) is 7.81. The van der Waals surface area contributed by atoms with Gasteiger partial charge in [0.25, 0.3) is 0 Å². The Labute approximate surface area is 110 Å². The topological polar surface area (TPSA) is 53.4 Å². The Balaban J connectivity index is 2.30. The molecule has 0 bridgehead atoms. The number of rotatable bonds is 1. The SMILES string of the molecule is CS[C@@H]1C[C@@H](O)[C@H](O)c2ccc3cccnc3c21. The molecule has 0 aliphatic heterocycles. The van der Waals surface area contributed by atoms with E-state index >= 15 is 0 Å². The molecule has 0 saturated heterocycles. The minimum atomic E-state index is -0.796. The molecule has 1 aliphatic rings. The van der Waals surface area contributed by atoms with Crippen LogP contribution in [-0.4, -0.2) is 27.6 Å². The number of pyridine rings is 1. The van der Waals surface area contributed by atoms with Crippen LogP contribution >= 0.6 is 11.8 Å². The largest absolute Gasteiger partial charge is 0.390 e. The third-order valence-corrected chi connectivity index (χ3v) is 4.59. The van der Waals surface area contributed by atoms with E-state index in [0.29, 0.717) is 6.42 Å². The lowest BCUT2D eigenvalue weighted by molar-refractivity contribution is 0.00611. The molecule has 0 saturated carbocycles. The molecule has 0 fully saturated rings. The van der Waals surface area contributed by atoms with Gasteiger partial charge in [-0.15, -0.1) is 0 Å². The number of aliphatic hydroxyl groups excluding tert-OH is 2. The van der Waals surface area contributed by atoms with E-state index in [4.69, 9.17) is 0 Å². The maximum atomic E-state index is 10.1. The van der Waals surface area contributed by atoms with E-state index in [-0.39, 0.29) is 5.25 Å². The van der Waals surface area contributed by atoms with Gasteiger partial charge in [0.1, 0.15) is 6.10 Å². The van der Waals surface area contributed by atoms with Crippen LogP contribution in [0, 0.1) is 0 Å². The fourth-order valence-corrected chi connectivity index (χ4v) is 3.54. The van der Waals surface area contributed by atoms with Gasteiger partial charge in [-0.25, -0.2) is 0 Å². The van der Waals surface area contributed by atoms with Crippen LogP contribution in [0.5, 0.6) is 0 Å². The Morgan fingerprint density at radius 1 is 1.28 bits per heavy atom. The molecule has 0 radical (unpaired) electrons. The summed E-state index contributed by atoms with van der Waals surface area (Å²) in [5, 5.41) is 21.3. The molecule has 0 amide bonds. The highest BCUT2D eigenvalue weighted by molar-refractivity contribution is 7.98. The van der Waals surface area contributed by atoms with Crippen molar-refractivity contribution >= 4 is 22.7 Å². The molecule has 4 heteroatoms. The minimum Gasteiger partial charge on any atom is -0.390 e. The van der Waals surface area contributed by atoms with E-state index in [1.807, 2.05) is 30.5 Å². The molecule has 1 aromatic heterocycles. The molecular formula is C14H15NO2S. The normalized spacial score (nSPS) is 27.2. The fourth-order valence-electron chi connectivity index (χ4n) is 2.67. The van der Waals surface area contributed by atoms with Crippen molar-refractivity contribution in [2.45, 2.75) is 23.9 Å². The first-order valence-corrected chi connectivity index (χ1v) is 7.27. The third kappa shape index (κ3) is 1.72. The van der Waals surface area contributed by atoms with Gasteiger partial charge in [0.2, 0.25) is 0 Å². The highest BCUT2D eigenvalue weighted by Gasteiger charge is 2.33. The lowest BCUT2D eigenvalue weighted by Gasteiger charge is -2.32. The molecule has 0 unspecified atom stereocenters. The molecule has 2 N–H and O–H groups in total. The first-order valence-electron chi connectivity index (χ1n) is 5.99. The Bertz CT molecular complexity index is 587. The average Bonchev–Trinajstić information content (AvgIpc) is 2.42. The zero-order valence-electron chi connectivity index (χ0n) is 10.1. The number of hydrogen-bond acceptors (Lipinski definition) is 4. The van der Waals surface area contributed by atoms with Crippen LogP contribution in [0.15, 0.2) is 30.5 Å². The molecule has 3 atom stereocenters. The molecule has 3 nitrogen and oxygen atoms in total. The zero-order chi connectivity index (χ0) is 12.7. The van der Waals surface area contributed by atoms with Crippen molar-refractivity contribution in [2.24, 2.45) is 0 Å². The predicted octanol–water partition coefficient (Wildman–Crippen LogP) is 2.44. The molecule has 18 heavy (non-hydrogen) atoms. The second-order valence-electron chi connectivity index (χ2n) is 4.62. The summed E-state index contributed by atoms with van der Waals surface area (Å²) in [7, 11) is 0. The van der Waals surface area contributed by atoms with Gasteiger partial charge in [-0.2, -0.15) is 11.8 Å². The van der Waals surface area contributed by atoms with E-state index < -0.39 is 12.2 Å². The van der Waals surface area contributed by atoms with E-state index in [2.05, 4.69) is 4.98 Å². The summed E-state index contributed by atoms with van der Waals surface area (Å²) in [6.07, 6.45) is 2.90. The number of aromatic nitrogens is 1. The van der Waals surface area contributed by atoms with Crippen LogP contribution < -0.4 is 0 Å². The molecule has 1 heterocycles. The van der Waals surface area contributed by atoms with E-state index in [0.717, 1.165) is 22.0 Å². The molecule has 3 rings (SSSR count). The van der Waals surface area contributed by atoms with E-state index in [1.54, 1.807) is 18.0 Å². The molecular weight excluding hydrogens is 246 g/mol. The zero-order valence-corrected chi connectivity index (χ0v) is 10.9. The molecule has 1 aromatic carbocycles. The van der Waals surface area contributed by atoms with Crippen LogP contribution in [0.2, 0.25) is 0 Å². The number of nitrogens with zero attached hydrogens (tertiary/aromatic N) is 1. The minimum absolute atomic E-state index is 0.192. The summed E-state index contributed by atoms with van der Waals surface area (Å²) in [5.74, 6) is 0. The van der Waals surface area contributed by atoms with Gasteiger partial charge in [0.05, 0.1) is 11.6 Å². The van der Waals surface area contributed by atoms with Gasteiger partial charge in [0.15, 0.2) is 0 Å². The molecule has 2 aromatic rings.